The first-order valence-electron chi connectivity index (χ1n) is 3.80. The molecular weight excluding hydrogens is 204 g/mol. The third-order valence-corrected chi connectivity index (χ3v) is 2.34. The number of rotatable bonds is 2. The number of hydrogen-bond acceptors (Lipinski definition) is 5. The van der Waals surface area contributed by atoms with Gasteiger partial charge in [-0.05, 0) is 13.0 Å². The molecule has 0 atom stereocenters. The van der Waals surface area contributed by atoms with Crippen LogP contribution >= 0.6 is 25.3 Å². The molecule has 0 radical (unpaired) electrons. The fourth-order valence-corrected chi connectivity index (χ4v) is 1.53. The topological polar surface area (TPSA) is 61.3 Å². The molecule has 0 bridgehead atoms. The first-order valence-corrected chi connectivity index (χ1v) is 4.70. The van der Waals surface area contributed by atoms with Crippen LogP contribution in [0, 0.1) is 0 Å². The van der Waals surface area contributed by atoms with Crippen molar-refractivity contribution in [2.24, 2.45) is 0 Å². The van der Waals surface area contributed by atoms with Gasteiger partial charge in [0.15, 0.2) is 5.75 Å². The molecule has 3 nitrogen and oxygen atoms in total. The standard InChI is InChI=1S/C8H12N2OS2/c1-2-11-8-6(9)4(12)3-5(13)7(8)10/h3,12-13H,2,9-10H2,1H3. The molecule has 1 aromatic rings. The molecule has 4 N–H and O–H groups in total. The van der Waals surface area contributed by atoms with Crippen LogP contribution in [0.4, 0.5) is 11.4 Å². The summed E-state index contributed by atoms with van der Waals surface area (Å²) in [5.74, 6) is 0.472. The minimum Gasteiger partial charge on any atom is -0.489 e. The monoisotopic (exact) mass is 216 g/mol. The molecule has 0 spiro atoms. The maximum Gasteiger partial charge on any atom is 0.167 e. The number of hydrogen-bond donors (Lipinski definition) is 4. The third-order valence-electron chi connectivity index (χ3n) is 1.60. The van der Waals surface area contributed by atoms with E-state index in [4.69, 9.17) is 16.2 Å². The van der Waals surface area contributed by atoms with Gasteiger partial charge in [0.1, 0.15) is 0 Å². The number of nitrogen functional groups attached to an aromatic ring is 2. The van der Waals surface area contributed by atoms with E-state index < -0.39 is 0 Å². The Kier molecular flexibility index (Phi) is 3.22. The van der Waals surface area contributed by atoms with Gasteiger partial charge in [0.25, 0.3) is 0 Å². The van der Waals surface area contributed by atoms with Gasteiger partial charge in [0.05, 0.1) is 18.0 Å². The SMILES string of the molecule is CCOc1c(N)c(S)cc(S)c1N. The van der Waals surface area contributed by atoms with Gasteiger partial charge in [-0.3, -0.25) is 0 Å². The highest BCUT2D eigenvalue weighted by atomic mass is 32.1. The van der Waals surface area contributed by atoms with Gasteiger partial charge in [-0.2, -0.15) is 0 Å². The Balaban J connectivity index is 3.28. The van der Waals surface area contributed by atoms with Crippen LogP contribution in [-0.2, 0) is 0 Å². The van der Waals surface area contributed by atoms with Gasteiger partial charge in [-0.15, -0.1) is 25.3 Å². The lowest BCUT2D eigenvalue weighted by atomic mass is 10.2. The van der Waals surface area contributed by atoms with E-state index in [0.717, 1.165) is 0 Å². The second-order valence-electron chi connectivity index (χ2n) is 2.50. The van der Waals surface area contributed by atoms with Gasteiger partial charge < -0.3 is 16.2 Å². The van der Waals surface area contributed by atoms with Crippen molar-refractivity contribution >= 4 is 36.6 Å². The molecule has 72 valence electrons. The molecule has 0 aliphatic carbocycles. The molecule has 0 fully saturated rings. The average Bonchev–Trinajstić information content (AvgIpc) is 2.09. The van der Waals surface area contributed by atoms with Crippen LogP contribution in [0.25, 0.3) is 0 Å². The van der Waals surface area contributed by atoms with E-state index in [1.165, 1.54) is 0 Å². The molecular formula is C8H12N2OS2. The Bertz CT molecular complexity index is 302. The summed E-state index contributed by atoms with van der Waals surface area (Å²) < 4.78 is 5.28. The van der Waals surface area contributed by atoms with Gasteiger partial charge in [0, 0.05) is 9.79 Å². The smallest absolute Gasteiger partial charge is 0.167 e. The second kappa shape index (κ2) is 4.02. The Morgan fingerprint density at radius 1 is 1.23 bits per heavy atom. The van der Waals surface area contributed by atoms with Crippen molar-refractivity contribution in [1.82, 2.24) is 0 Å². The summed E-state index contributed by atoms with van der Waals surface area (Å²) in [7, 11) is 0. The summed E-state index contributed by atoms with van der Waals surface area (Å²) >= 11 is 8.34. The predicted molar refractivity (Wildman–Crippen MR) is 60.9 cm³/mol. The lowest BCUT2D eigenvalue weighted by Gasteiger charge is -2.13. The number of ether oxygens (including phenoxy) is 1. The summed E-state index contributed by atoms with van der Waals surface area (Å²) in [4.78, 5) is 1.25. The van der Waals surface area contributed by atoms with Gasteiger partial charge >= 0.3 is 0 Å². The van der Waals surface area contributed by atoms with Gasteiger partial charge in [0.2, 0.25) is 0 Å². The molecule has 0 aliphatic rings. The van der Waals surface area contributed by atoms with E-state index in [1.54, 1.807) is 6.07 Å². The fourth-order valence-electron chi connectivity index (χ4n) is 0.963. The van der Waals surface area contributed by atoms with Gasteiger partial charge in [-0.1, -0.05) is 0 Å². The van der Waals surface area contributed by atoms with Crippen LogP contribution in [0.15, 0.2) is 15.9 Å². The van der Waals surface area contributed by atoms with Crippen molar-refractivity contribution in [3.8, 4) is 5.75 Å². The van der Waals surface area contributed by atoms with Crippen molar-refractivity contribution in [2.75, 3.05) is 18.1 Å². The Hall–Kier alpha value is -0.680. The van der Waals surface area contributed by atoms with E-state index in [9.17, 15) is 0 Å². The maximum absolute atomic E-state index is 5.72. The molecule has 0 saturated carbocycles. The molecule has 0 amide bonds. The lowest BCUT2D eigenvalue weighted by Crippen LogP contribution is -2.02. The zero-order valence-corrected chi connectivity index (χ0v) is 9.03. The first-order chi connectivity index (χ1) is 6.07. The highest BCUT2D eigenvalue weighted by Gasteiger charge is 2.11. The van der Waals surface area contributed by atoms with Crippen LogP contribution in [0.5, 0.6) is 5.75 Å². The molecule has 0 unspecified atom stereocenters. The van der Waals surface area contributed by atoms with Crippen molar-refractivity contribution in [3.63, 3.8) is 0 Å². The van der Waals surface area contributed by atoms with Crippen LogP contribution < -0.4 is 16.2 Å². The first kappa shape index (κ1) is 10.4. The van der Waals surface area contributed by atoms with E-state index in [0.29, 0.717) is 33.5 Å². The number of anilines is 2. The van der Waals surface area contributed by atoms with E-state index >= 15 is 0 Å². The minimum absolute atomic E-state index is 0.459. The van der Waals surface area contributed by atoms with Crippen LogP contribution in [0.2, 0.25) is 0 Å². The molecule has 13 heavy (non-hydrogen) atoms. The molecule has 0 aromatic heterocycles. The van der Waals surface area contributed by atoms with E-state index in [1.807, 2.05) is 6.92 Å². The zero-order chi connectivity index (χ0) is 10.0. The van der Waals surface area contributed by atoms with Crippen LogP contribution in [-0.4, -0.2) is 6.61 Å². The zero-order valence-electron chi connectivity index (χ0n) is 7.24. The maximum atomic E-state index is 5.72. The highest BCUT2D eigenvalue weighted by molar-refractivity contribution is 7.81. The molecule has 1 aromatic carbocycles. The summed E-state index contributed by atoms with van der Waals surface area (Å²) in [6, 6.07) is 1.69. The fraction of sp³-hybridized carbons (Fsp3) is 0.250. The number of thiol groups is 2. The number of nitrogens with two attached hydrogens (primary N) is 2. The van der Waals surface area contributed by atoms with Crippen molar-refractivity contribution < 1.29 is 4.74 Å². The van der Waals surface area contributed by atoms with E-state index in [-0.39, 0.29) is 0 Å². The summed E-state index contributed by atoms with van der Waals surface area (Å²) in [6.07, 6.45) is 0. The molecule has 0 saturated heterocycles. The molecule has 5 heteroatoms. The van der Waals surface area contributed by atoms with Crippen LogP contribution in [0.1, 0.15) is 6.92 Å². The third kappa shape index (κ3) is 1.97. The predicted octanol–water partition coefficient (Wildman–Crippen LogP) is 1.83. The van der Waals surface area contributed by atoms with Crippen molar-refractivity contribution in [1.29, 1.82) is 0 Å². The summed E-state index contributed by atoms with van der Waals surface area (Å²) in [5.41, 5.74) is 12.4. The largest absolute Gasteiger partial charge is 0.489 e. The minimum atomic E-state index is 0.459. The Morgan fingerprint density at radius 3 is 2.08 bits per heavy atom. The number of benzene rings is 1. The van der Waals surface area contributed by atoms with Crippen molar-refractivity contribution in [2.45, 2.75) is 16.7 Å². The lowest BCUT2D eigenvalue weighted by molar-refractivity contribution is 0.342. The Morgan fingerprint density at radius 2 is 1.69 bits per heavy atom. The normalized spacial score (nSPS) is 10.1. The van der Waals surface area contributed by atoms with E-state index in [2.05, 4.69) is 25.3 Å². The highest BCUT2D eigenvalue weighted by Crippen LogP contribution is 2.38. The van der Waals surface area contributed by atoms with Gasteiger partial charge in [-0.25, -0.2) is 0 Å². The molecule has 0 aliphatic heterocycles. The second-order valence-corrected chi connectivity index (χ2v) is 3.47. The quantitative estimate of drug-likeness (QED) is 0.450. The van der Waals surface area contributed by atoms with Crippen molar-refractivity contribution in [3.05, 3.63) is 6.07 Å². The molecule has 0 heterocycles. The Labute approximate surface area is 88.3 Å². The average molecular weight is 216 g/mol. The summed E-state index contributed by atoms with van der Waals surface area (Å²) in [6.45, 7) is 2.38. The van der Waals surface area contributed by atoms with Crippen LogP contribution in [0.3, 0.4) is 0 Å². The summed E-state index contributed by atoms with van der Waals surface area (Å²) in [5, 5.41) is 0. The molecule has 1 rings (SSSR count).